The van der Waals surface area contributed by atoms with Crippen molar-refractivity contribution >= 4 is 11.8 Å². The van der Waals surface area contributed by atoms with E-state index in [9.17, 15) is 27.2 Å². The number of alkyl halides is 3. The van der Waals surface area contributed by atoms with Gasteiger partial charge >= 0.3 is 6.18 Å². The molecule has 1 aromatic carbocycles. The molecule has 0 bridgehead atoms. The van der Waals surface area contributed by atoms with Gasteiger partial charge in [0.25, 0.3) is 5.91 Å². The highest BCUT2D eigenvalue weighted by Crippen LogP contribution is 2.30. The summed E-state index contributed by atoms with van der Waals surface area (Å²) < 4.78 is 51.9. The molecule has 0 atom stereocenters. The minimum absolute atomic E-state index is 0.325. The first kappa shape index (κ1) is 18.2. The van der Waals surface area contributed by atoms with E-state index in [4.69, 9.17) is 0 Å². The van der Waals surface area contributed by atoms with Crippen LogP contribution >= 0.6 is 0 Å². The van der Waals surface area contributed by atoms with Crippen molar-refractivity contribution in [2.75, 3.05) is 39.8 Å². The molecule has 1 fully saturated rings. The van der Waals surface area contributed by atoms with Crippen LogP contribution in [0.15, 0.2) is 18.2 Å². The van der Waals surface area contributed by atoms with E-state index >= 15 is 0 Å². The quantitative estimate of drug-likeness (QED) is 0.840. The molecular formula is C15H17F4N3O2. The molecule has 1 saturated heterocycles. The van der Waals surface area contributed by atoms with E-state index < -0.39 is 29.0 Å². The van der Waals surface area contributed by atoms with Gasteiger partial charge in [0, 0.05) is 33.2 Å². The lowest BCUT2D eigenvalue weighted by Gasteiger charge is -2.29. The molecule has 1 N–H and O–H groups in total. The molecule has 1 heterocycles. The lowest BCUT2D eigenvalue weighted by molar-refractivity contribution is -0.137. The number of likely N-dealkylation sites (N-methyl/N-ethyl adjacent to an activating group) is 1. The molecule has 0 aromatic heterocycles. The Morgan fingerprint density at radius 1 is 1.25 bits per heavy atom. The second kappa shape index (κ2) is 7.16. The van der Waals surface area contributed by atoms with Crippen molar-refractivity contribution in [3.8, 4) is 0 Å². The zero-order chi connectivity index (χ0) is 17.9. The molecule has 0 unspecified atom stereocenters. The monoisotopic (exact) mass is 347 g/mol. The molecule has 0 spiro atoms. The predicted octanol–water partition coefficient (Wildman–Crippen LogP) is 1.35. The van der Waals surface area contributed by atoms with Gasteiger partial charge in [-0.25, -0.2) is 4.39 Å². The highest BCUT2D eigenvalue weighted by Gasteiger charge is 2.32. The first-order chi connectivity index (χ1) is 11.2. The van der Waals surface area contributed by atoms with Crippen molar-refractivity contribution in [3.63, 3.8) is 0 Å². The third kappa shape index (κ3) is 4.22. The maximum Gasteiger partial charge on any atom is 0.416 e. The molecular weight excluding hydrogens is 330 g/mol. The summed E-state index contributed by atoms with van der Waals surface area (Å²) in [7, 11) is 1.25. The van der Waals surface area contributed by atoms with Gasteiger partial charge in [-0.1, -0.05) is 0 Å². The molecule has 5 nitrogen and oxygen atoms in total. The number of nitrogens with zero attached hydrogens (tertiary/aromatic N) is 2. The van der Waals surface area contributed by atoms with Crippen molar-refractivity contribution in [2.24, 2.45) is 0 Å². The lowest BCUT2D eigenvalue weighted by Crippen LogP contribution is -2.49. The zero-order valence-electron chi connectivity index (χ0n) is 13.0. The molecule has 2 rings (SSSR count). The van der Waals surface area contributed by atoms with E-state index in [0.29, 0.717) is 44.4 Å². The van der Waals surface area contributed by atoms with Crippen molar-refractivity contribution < 1.29 is 27.2 Å². The molecule has 0 saturated carbocycles. The summed E-state index contributed by atoms with van der Waals surface area (Å²) in [4.78, 5) is 26.7. The van der Waals surface area contributed by atoms with E-state index in [1.165, 1.54) is 7.05 Å². The van der Waals surface area contributed by atoms with E-state index in [1.807, 2.05) is 0 Å². The number of amides is 2. The number of halogens is 4. The fourth-order valence-electron chi connectivity index (χ4n) is 2.36. The normalized spacial score (nSPS) is 15.3. The predicted molar refractivity (Wildman–Crippen MR) is 77.8 cm³/mol. The fraction of sp³-hybridized carbons (Fsp3) is 0.467. The second-order valence-electron chi connectivity index (χ2n) is 5.48. The summed E-state index contributed by atoms with van der Waals surface area (Å²) in [5.74, 6) is -2.36. The maximum absolute atomic E-state index is 13.7. The number of carbonyl (C=O) groups excluding carboxylic acids is 2. The number of carbonyl (C=O) groups is 2. The van der Waals surface area contributed by atoms with E-state index in [0.717, 1.165) is 4.90 Å². The van der Waals surface area contributed by atoms with Crippen LogP contribution in [0.25, 0.3) is 0 Å². The average Bonchev–Trinajstić information content (AvgIpc) is 2.54. The van der Waals surface area contributed by atoms with Gasteiger partial charge in [-0.15, -0.1) is 0 Å². The minimum atomic E-state index is -4.68. The SMILES string of the molecule is CN(CC(=O)N1CCNCC1)C(=O)c1cc(C(F)(F)F)ccc1F. The molecule has 0 radical (unpaired) electrons. The number of benzene rings is 1. The topological polar surface area (TPSA) is 52.7 Å². The van der Waals surface area contributed by atoms with E-state index in [-0.39, 0.29) is 12.5 Å². The molecule has 9 heteroatoms. The van der Waals surface area contributed by atoms with Gasteiger partial charge in [0.15, 0.2) is 0 Å². The summed E-state index contributed by atoms with van der Waals surface area (Å²) in [5, 5.41) is 3.07. The lowest BCUT2D eigenvalue weighted by atomic mass is 10.1. The molecule has 2 amide bonds. The van der Waals surface area contributed by atoms with E-state index in [1.54, 1.807) is 4.90 Å². The van der Waals surface area contributed by atoms with Crippen LogP contribution in [0.3, 0.4) is 0 Å². The summed E-state index contributed by atoms with van der Waals surface area (Å²) >= 11 is 0. The van der Waals surface area contributed by atoms with Crippen LogP contribution in [0, 0.1) is 5.82 Å². The Bertz CT molecular complexity index is 628. The molecule has 1 aliphatic rings. The second-order valence-corrected chi connectivity index (χ2v) is 5.48. The number of piperazine rings is 1. The molecule has 1 aliphatic heterocycles. The first-order valence-electron chi connectivity index (χ1n) is 7.31. The van der Waals surface area contributed by atoms with Gasteiger partial charge in [-0.2, -0.15) is 13.2 Å². The Kier molecular flexibility index (Phi) is 5.43. The largest absolute Gasteiger partial charge is 0.416 e. The molecule has 132 valence electrons. The summed E-state index contributed by atoms with van der Waals surface area (Å²) in [6, 6.07) is 1.63. The smallest absolute Gasteiger partial charge is 0.339 e. The highest BCUT2D eigenvalue weighted by molar-refractivity contribution is 5.96. The summed E-state index contributed by atoms with van der Waals surface area (Å²) in [6.07, 6.45) is -4.68. The van der Waals surface area contributed by atoms with Gasteiger partial charge < -0.3 is 15.1 Å². The van der Waals surface area contributed by atoms with Crippen molar-refractivity contribution in [1.29, 1.82) is 0 Å². The Labute approximate surface area is 136 Å². The van der Waals surface area contributed by atoms with Crippen molar-refractivity contribution in [2.45, 2.75) is 6.18 Å². The van der Waals surface area contributed by atoms with Crippen molar-refractivity contribution in [3.05, 3.63) is 35.1 Å². The maximum atomic E-state index is 13.7. The summed E-state index contributed by atoms with van der Waals surface area (Å²) in [6.45, 7) is 1.91. The van der Waals surface area contributed by atoms with Gasteiger partial charge in [-0.05, 0) is 18.2 Å². The van der Waals surface area contributed by atoms with Crippen LogP contribution in [-0.4, -0.2) is 61.4 Å². The van der Waals surface area contributed by atoms with Crippen LogP contribution in [-0.2, 0) is 11.0 Å². The third-order valence-corrected chi connectivity index (χ3v) is 3.71. The zero-order valence-corrected chi connectivity index (χ0v) is 13.0. The molecule has 24 heavy (non-hydrogen) atoms. The van der Waals surface area contributed by atoms with E-state index in [2.05, 4.69) is 5.32 Å². The Balaban J connectivity index is 2.11. The average molecular weight is 347 g/mol. The van der Waals surface area contributed by atoms with Crippen LogP contribution in [0.1, 0.15) is 15.9 Å². The highest BCUT2D eigenvalue weighted by atomic mass is 19.4. The van der Waals surface area contributed by atoms with Gasteiger partial charge in [0.1, 0.15) is 5.82 Å². The van der Waals surface area contributed by atoms with Gasteiger partial charge in [0.2, 0.25) is 5.91 Å². The first-order valence-corrected chi connectivity index (χ1v) is 7.31. The Morgan fingerprint density at radius 3 is 2.46 bits per heavy atom. The number of rotatable bonds is 3. The molecule has 1 aromatic rings. The third-order valence-electron chi connectivity index (χ3n) is 3.71. The number of hydrogen-bond acceptors (Lipinski definition) is 3. The molecule has 0 aliphatic carbocycles. The fourth-order valence-corrected chi connectivity index (χ4v) is 2.36. The van der Waals surface area contributed by atoms with Crippen molar-refractivity contribution in [1.82, 2.24) is 15.1 Å². The van der Waals surface area contributed by atoms with Crippen LogP contribution < -0.4 is 5.32 Å². The Morgan fingerprint density at radius 2 is 1.88 bits per heavy atom. The standard InChI is InChI=1S/C15H17F4N3O2/c1-21(9-13(23)22-6-4-20-5-7-22)14(24)11-8-10(15(17,18)19)2-3-12(11)16/h2-3,8,20H,4-7,9H2,1H3. The van der Waals surface area contributed by atoms with Crippen LogP contribution in [0.2, 0.25) is 0 Å². The van der Waals surface area contributed by atoms with Crippen LogP contribution in [0.5, 0.6) is 0 Å². The van der Waals surface area contributed by atoms with Gasteiger partial charge in [-0.3, -0.25) is 9.59 Å². The number of hydrogen-bond donors (Lipinski definition) is 1. The van der Waals surface area contributed by atoms with Gasteiger partial charge in [0.05, 0.1) is 17.7 Å². The summed E-state index contributed by atoms with van der Waals surface area (Å²) in [5.41, 5.74) is -1.82. The van der Waals surface area contributed by atoms with Crippen LogP contribution in [0.4, 0.5) is 17.6 Å². The minimum Gasteiger partial charge on any atom is -0.339 e. The Hall–Kier alpha value is -2.16. The number of nitrogens with one attached hydrogen (secondary N) is 1.